The molecule has 108 valence electrons. The maximum atomic E-state index is 12.6. The van der Waals surface area contributed by atoms with Crippen molar-refractivity contribution in [1.29, 1.82) is 0 Å². The molecule has 1 aromatic carbocycles. The van der Waals surface area contributed by atoms with Crippen LogP contribution in [0.4, 0.5) is 0 Å². The molecule has 5 nitrogen and oxygen atoms in total. The molecule has 19 heavy (non-hydrogen) atoms. The van der Waals surface area contributed by atoms with Gasteiger partial charge in [-0.05, 0) is 38.0 Å². The van der Waals surface area contributed by atoms with Gasteiger partial charge in [-0.2, -0.15) is 4.31 Å². The van der Waals surface area contributed by atoms with E-state index in [-0.39, 0.29) is 17.5 Å². The third kappa shape index (κ3) is 3.08. The van der Waals surface area contributed by atoms with Gasteiger partial charge in [0, 0.05) is 19.6 Å². The first-order valence-corrected chi connectivity index (χ1v) is 7.53. The van der Waals surface area contributed by atoms with Gasteiger partial charge >= 0.3 is 0 Å². The lowest BCUT2D eigenvalue weighted by atomic mass is 10.1. The number of likely N-dealkylation sites (N-methyl/N-ethyl adjacent to an activating group) is 1. The Balaban J connectivity index is 3.44. The lowest BCUT2D eigenvalue weighted by Gasteiger charge is -2.24. The molecule has 2 N–H and O–H groups in total. The van der Waals surface area contributed by atoms with Crippen LogP contribution in [0.25, 0.3) is 0 Å². The summed E-state index contributed by atoms with van der Waals surface area (Å²) in [5.41, 5.74) is 7.22. The third-order valence-electron chi connectivity index (χ3n) is 3.21. The summed E-state index contributed by atoms with van der Waals surface area (Å²) in [4.78, 5) is 0.190. The van der Waals surface area contributed by atoms with Gasteiger partial charge in [0.15, 0.2) is 0 Å². The standard InChI is InChI=1S/C13H22N2O3S/c1-9-6-10(2)13(18-5)12(7-9)19(16,17)15(4)11(3)8-14/h6-7,11H,8,14H2,1-5H3. The number of methoxy groups -OCH3 is 1. The SMILES string of the molecule is COc1c(C)cc(C)cc1S(=O)(=O)N(C)C(C)CN. The Kier molecular flexibility index (Phi) is 4.95. The van der Waals surface area contributed by atoms with E-state index >= 15 is 0 Å². The average molecular weight is 286 g/mol. The third-order valence-corrected chi connectivity index (χ3v) is 5.19. The van der Waals surface area contributed by atoms with E-state index in [1.807, 2.05) is 19.9 Å². The smallest absolute Gasteiger partial charge is 0.246 e. The summed E-state index contributed by atoms with van der Waals surface area (Å²) < 4.78 is 31.7. The lowest BCUT2D eigenvalue weighted by molar-refractivity contribution is 0.378. The minimum Gasteiger partial charge on any atom is -0.495 e. The Bertz CT molecular complexity index is 555. The summed E-state index contributed by atoms with van der Waals surface area (Å²) in [7, 11) is -0.603. The van der Waals surface area contributed by atoms with Crippen LogP contribution in [-0.2, 0) is 10.0 Å². The quantitative estimate of drug-likeness (QED) is 0.885. The molecular weight excluding hydrogens is 264 g/mol. The van der Waals surface area contributed by atoms with E-state index in [9.17, 15) is 8.42 Å². The average Bonchev–Trinajstić information content (AvgIpc) is 2.35. The molecule has 0 aliphatic carbocycles. The molecule has 0 fully saturated rings. The Morgan fingerprint density at radius 3 is 2.42 bits per heavy atom. The van der Waals surface area contributed by atoms with E-state index in [4.69, 9.17) is 10.5 Å². The number of aryl methyl sites for hydroxylation is 2. The second-order valence-corrected chi connectivity index (χ2v) is 6.69. The summed E-state index contributed by atoms with van der Waals surface area (Å²) in [6.07, 6.45) is 0. The molecule has 0 aliphatic rings. The van der Waals surface area contributed by atoms with Gasteiger partial charge in [-0.15, -0.1) is 0 Å². The zero-order chi connectivity index (χ0) is 14.8. The Labute approximate surface area is 115 Å². The maximum absolute atomic E-state index is 12.6. The summed E-state index contributed by atoms with van der Waals surface area (Å²) in [6, 6.07) is 3.25. The van der Waals surface area contributed by atoms with E-state index in [2.05, 4.69) is 0 Å². The van der Waals surface area contributed by atoms with Crippen molar-refractivity contribution in [2.75, 3.05) is 20.7 Å². The molecule has 0 heterocycles. The molecular formula is C13H22N2O3S. The monoisotopic (exact) mass is 286 g/mol. The summed E-state index contributed by atoms with van der Waals surface area (Å²) in [5, 5.41) is 0. The normalized spacial score (nSPS) is 13.6. The maximum Gasteiger partial charge on any atom is 0.246 e. The van der Waals surface area contributed by atoms with E-state index in [1.165, 1.54) is 18.5 Å². The highest BCUT2D eigenvalue weighted by Gasteiger charge is 2.28. The molecule has 0 saturated carbocycles. The van der Waals surface area contributed by atoms with Crippen LogP contribution in [0.2, 0.25) is 0 Å². The van der Waals surface area contributed by atoms with Gasteiger partial charge in [0.05, 0.1) is 7.11 Å². The van der Waals surface area contributed by atoms with Gasteiger partial charge in [-0.3, -0.25) is 0 Å². The molecule has 0 spiro atoms. The second kappa shape index (κ2) is 5.90. The fraction of sp³-hybridized carbons (Fsp3) is 0.538. The highest BCUT2D eigenvalue weighted by atomic mass is 32.2. The van der Waals surface area contributed by atoms with E-state index in [0.717, 1.165) is 11.1 Å². The Morgan fingerprint density at radius 1 is 1.37 bits per heavy atom. The zero-order valence-electron chi connectivity index (χ0n) is 12.1. The molecule has 1 atom stereocenters. The first-order valence-electron chi connectivity index (χ1n) is 6.09. The fourth-order valence-electron chi connectivity index (χ4n) is 1.91. The first-order chi connectivity index (χ1) is 8.75. The fourth-order valence-corrected chi connectivity index (χ4v) is 3.59. The van der Waals surface area contributed by atoms with Crippen molar-refractivity contribution in [3.05, 3.63) is 23.3 Å². The van der Waals surface area contributed by atoms with E-state index in [0.29, 0.717) is 5.75 Å². The number of ether oxygens (including phenoxy) is 1. The van der Waals surface area contributed by atoms with Crippen molar-refractivity contribution in [2.24, 2.45) is 5.73 Å². The predicted octanol–water partition coefficient (Wildman–Crippen LogP) is 1.28. The van der Waals surface area contributed by atoms with Crippen molar-refractivity contribution >= 4 is 10.0 Å². The van der Waals surface area contributed by atoms with Crippen LogP contribution in [0.15, 0.2) is 17.0 Å². The van der Waals surface area contributed by atoms with Gasteiger partial charge < -0.3 is 10.5 Å². The van der Waals surface area contributed by atoms with Crippen LogP contribution >= 0.6 is 0 Å². The predicted molar refractivity (Wildman–Crippen MR) is 75.9 cm³/mol. The van der Waals surface area contributed by atoms with E-state index in [1.54, 1.807) is 13.0 Å². The molecule has 1 aromatic rings. The zero-order valence-corrected chi connectivity index (χ0v) is 12.9. The number of hydrogen-bond acceptors (Lipinski definition) is 4. The van der Waals surface area contributed by atoms with Crippen LogP contribution in [0.5, 0.6) is 5.75 Å². The first kappa shape index (κ1) is 15.9. The lowest BCUT2D eigenvalue weighted by Crippen LogP contribution is -2.39. The number of sulfonamides is 1. The van der Waals surface area contributed by atoms with Gasteiger partial charge in [-0.1, -0.05) is 6.07 Å². The molecule has 0 amide bonds. The molecule has 1 unspecified atom stereocenters. The van der Waals surface area contributed by atoms with Gasteiger partial charge in [0.1, 0.15) is 10.6 Å². The van der Waals surface area contributed by atoms with Gasteiger partial charge in [0.25, 0.3) is 0 Å². The van der Waals surface area contributed by atoms with Crippen molar-refractivity contribution in [1.82, 2.24) is 4.31 Å². The van der Waals surface area contributed by atoms with Gasteiger partial charge in [0.2, 0.25) is 10.0 Å². The van der Waals surface area contributed by atoms with Crippen LogP contribution in [0, 0.1) is 13.8 Å². The highest BCUT2D eigenvalue weighted by molar-refractivity contribution is 7.89. The Morgan fingerprint density at radius 2 is 1.95 bits per heavy atom. The molecule has 0 aromatic heterocycles. The summed E-state index contributed by atoms with van der Waals surface area (Å²) in [5.74, 6) is 0.390. The topological polar surface area (TPSA) is 72.6 Å². The van der Waals surface area contributed by atoms with Crippen molar-refractivity contribution < 1.29 is 13.2 Å². The van der Waals surface area contributed by atoms with Crippen LogP contribution < -0.4 is 10.5 Å². The summed E-state index contributed by atoms with van der Waals surface area (Å²) >= 11 is 0. The number of nitrogens with two attached hydrogens (primary N) is 1. The molecule has 0 bridgehead atoms. The summed E-state index contributed by atoms with van der Waals surface area (Å²) in [6.45, 7) is 5.73. The minimum atomic E-state index is -3.61. The largest absolute Gasteiger partial charge is 0.495 e. The second-order valence-electron chi connectivity index (χ2n) is 4.72. The van der Waals surface area contributed by atoms with Crippen molar-refractivity contribution in [2.45, 2.75) is 31.7 Å². The molecule has 6 heteroatoms. The highest BCUT2D eigenvalue weighted by Crippen LogP contribution is 2.31. The number of benzene rings is 1. The van der Waals surface area contributed by atoms with Crippen LogP contribution in [0.3, 0.4) is 0 Å². The minimum absolute atomic E-state index is 0.190. The van der Waals surface area contributed by atoms with Crippen molar-refractivity contribution in [3.8, 4) is 5.75 Å². The van der Waals surface area contributed by atoms with Gasteiger partial charge in [-0.25, -0.2) is 8.42 Å². The molecule has 1 rings (SSSR count). The number of rotatable bonds is 5. The molecule has 0 radical (unpaired) electrons. The molecule has 0 saturated heterocycles. The van der Waals surface area contributed by atoms with Crippen molar-refractivity contribution in [3.63, 3.8) is 0 Å². The van der Waals surface area contributed by atoms with Crippen LogP contribution in [-0.4, -0.2) is 39.5 Å². The number of nitrogens with zero attached hydrogens (tertiary/aromatic N) is 1. The molecule has 0 aliphatic heterocycles. The van der Waals surface area contributed by atoms with Crippen LogP contribution in [0.1, 0.15) is 18.1 Å². The van der Waals surface area contributed by atoms with E-state index < -0.39 is 10.0 Å². The Hall–Kier alpha value is -1.11. The number of hydrogen-bond donors (Lipinski definition) is 1.